The summed E-state index contributed by atoms with van der Waals surface area (Å²) in [5.74, 6) is 0. The number of anilines is 2. The number of thiocarbonyl (C=S) groups is 1. The molecule has 0 bridgehead atoms. The zero-order valence-corrected chi connectivity index (χ0v) is 17.8. The van der Waals surface area contributed by atoms with E-state index in [4.69, 9.17) is 12.2 Å². The smallest absolute Gasteiger partial charge is 0.173 e. The summed E-state index contributed by atoms with van der Waals surface area (Å²) >= 11 is 5.77. The average molecular weight is 382 g/mol. The highest BCUT2D eigenvalue weighted by Crippen LogP contribution is 2.25. The molecule has 0 unspecified atom stereocenters. The van der Waals surface area contributed by atoms with Gasteiger partial charge in [0.2, 0.25) is 0 Å². The molecule has 1 fully saturated rings. The van der Waals surface area contributed by atoms with Crippen LogP contribution in [-0.2, 0) is 12.8 Å². The van der Waals surface area contributed by atoms with Crippen molar-refractivity contribution in [3.63, 3.8) is 0 Å². The van der Waals surface area contributed by atoms with Gasteiger partial charge in [-0.15, -0.1) is 0 Å². The van der Waals surface area contributed by atoms with Gasteiger partial charge in [0.15, 0.2) is 5.11 Å². The van der Waals surface area contributed by atoms with Gasteiger partial charge in [-0.25, -0.2) is 0 Å². The lowest BCUT2D eigenvalue weighted by Crippen LogP contribution is -2.50. The highest BCUT2D eigenvalue weighted by atomic mass is 32.1. The second-order valence-corrected chi connectivity index (χ2v) is 7.74. The van der Waals surface area contributed by atoms with Gasteiger partial charge in [-0.1, -0.05) is 44.2 Å². The van der Waals surface area contributed by atoms with Crippen molar-refractivity contribution in [3.05, 3.63) is 58.7 Å². The van der Waals surface area contributed by atoms with Crippen molar-refractivity contribution in [1.82, 2.24) is 4.90 Å². The minimum Gasteiger partial charge on any atom is -0.368 e. The minimum absolute atomic E-state index is 0.853. The standard InChI is InChI=1S/C23H31N3S/c1-5-19-8-7-9-20(6-2)22(19)24-23(27)26-14-12-25(13-15-26)21-16-17(3)10-11-18(21)4/h7-11,16H,5-6,12-15H2,1-4H3,(H,24,27). The van der Waals surface area contributed by atoms with Crippen LogP contribution in [0, 0.1) is 13.8 Å². The van der Waals surface area contributed by atoms with Gasteiger partial charge in [0.25, 0.3) is 0 Å². The van der Waals surface area contributed by atoms with E-state index in [1.165, 1.54) is 33.6 Å². The predicted octanol–water partition coefficient (Wildman–Crippen LogP) is 4.95. The maximum absolute atomic E-state index is 5.77. The molecule has 144 valence electrons. The van der Waals surface area contributed by atoms with Gasteiger partial charge in [0.05, 0.1) is 0 Å². The summed E-state index contributed by atoms with van der Waals surface area (Å²) < 4.78 is 0. The molecule has 3 nitrogen and oxygen atoms in total. The third-order valence-corrected chi connectivity index (χ3v) is 5.86. The molecule has 0 radical (unpaired) electrons. The first kappa shape index (κ1) is 19.7. The molecule has 0 saturated carbocycles. The van der Waals surface area contributed by atoms with E-state index >= 15 is 0 Å². The van der Waals surface area contributed by atoms with Crippen LogP contribution in [0.5, 0.6) is 0 Å². The number of para-hydroxylation sites is 1. The quantitative estimate of drug-likeness (QED) is 0.755. The molecular weight excluding hydrogens is 350 g/mol. The highest BCUT2D eigenvalue weighted by molar-refractivity contribution is 7.80. The van der Waals surface area contributed by atoms with Crippen molar-refractivity contribution < 1.29 is 0 Å². The maximum atomic E-state index is 5.77. The van der Waals surface area contributed by atoms with Gasteiger partial charge in [0.1, 0.15) is 0 Å². The van der Waals surface area contributed by atoms with Gasteiger partial charge in [-0.3, -0.25) is 0 Å². The zero-order valence-electron chi connectivity index (χ0n) is 17.0. The molecule has 1 aliphatic heterocycles. The molecule has 1 heterocycles. The van der Waals surface area contributed by atoms with E-state index in [1.54, 1.807) is 0 Å². The van der Waals surface area contributed by atoms with E-state index in [0.717, 1.165) is 44.1 Å². The number of piperazine rings is 1. The first-order valence-corrected chi connectivity index (χ1v) is 10.4. The molecular formula is C23H31N3S. The molecule has 27 heavy (non-hydrogen) atoms. The van der Waals surface area contributed by atoms with Crippen molar-refractivity contribution in [2.45, 2.75) is 40.5 Å². The van der Waals surface area contributed by atoms with Crippen LogP contribution >= 0.6 is 12.2 Å². The Bertz CT molecular complexity index is 785. The predicted molar refractivity (Wildman–Crippen MR) is 121 cm³/mol. The van der Waals surface area contributed by atoms with E-state index in [9.17, 15) is 0 Å². The van der Waals surface area contributed by atoms with Crippen LogP contribution < -0.4 is 10.2 Å². The fourth-order valence-electron chi connectivity index (χ4n) is 3.80. The Kier molecular flexibility index (Phi) is 6.38. The molecule has 0 spiro atoms. The molecule has 2 aromatic carbocycles. The third kappa shape index (κ3) is 4.44. The Hall–Kier alpha value is -2.07. The lowest BCUT2D eigenvalue weighted by Gasteiger charge is -2.38. The Labute approximate surface area is 169 Å². The number of nitrogens with one attached hydrogen (secondary N) is 1. The zero-order chi connectivity index (χ0) is 19.4. The van der Waals surface area contributed by atoms with Gasteiger partial charge in [-0.2, -0.15) is 0 Å². The summed E-state index contributed by atoms with van der Waals surface area (Å²) in [7, 11) is 0. The van der Waals surface area contributed by atoms with E-state index in [-0.39, 0.29) is 0 Å². The molecule has 0 amide bonds. The molecule has 0 aromatic heterocycles. The summed E-state index contributed by atoms with van der Waals surface area (Å²) in [5, 5.41) is 4.42. The van der Waals surface area contributed by atoms with Crippen molar-refractivity contribution in [2.24, 2.45) is 0 Å². The Morgan fingerprint density at radius 2 is 1.59 bits per heavy atom. The second-order valence-electron chi connectivity index (χ2n) is 7.35. The fourth-order valence-corrected chi connectivity index (χ4v) is 4.08. The van der Waals surface area contributed by atoms with Gasteiger partial charge in [-0.05, 0) is 67.2 Å². The summed E-state index contributed by atoms with van der Waals surface area (Å²) in [4.78, 5) is 4.79. The highest BCUT2D eigenvalue weighted by Gasteiger charge is 2.21. The SMILES string of the molecule is CCc1cccc(CC)c1NC(=S)N1CCN(c2cc(C)ccc2C)CC1. The molecule has 4 heteroatoms. The number of nitrogens with zero attached hydrogens (tertiary/aromatic N) is 2. The van der Waals surface area contributed by atoms with E-state index < -0.39 is 0 Å². The van der Waals surface area contributed by atoms with E-state index in [2.05, 4.69) is 79.2 Å². The first-order chi connectivity index (χ1) is 13.0. The van der Waals surface area contributed by atoms with Crippen LogP contribution in [-0.4, -0.2) is 36.2 Å². The van der Waals surface area contributed by atoms with Gasteiger partial charge >= 0.3 is 0 Å². The third-order valence-electron chi connectivity index (χ3n) is 5.50. The largest absolute Gasteiger partial charge is 0.368 e. The Morgan fingerprint density at radius 1 is 0.963 bits per heavy atom. The number of benzene rings is 2. The van der Waals surface area contributed by atoms with Crippen molar-refractivity contribution in [2.75, 3.05) is 36.4 Å². The second kappa shape index (κ2) is 8.75. The molecule has 0 atom stereocenters. The summed E-state index contributed by atoms with van der Waals surface area (Å²) in [6, 6.07) is 13.2. The van der Waals surface area contributed by atoms with Crippen molar-refractivity contribution in [3.8, 4) is 0 Å². The number of rotatable bonds is 4. The van der Waals surface area contributed by atoms with Crippen molar-refractivity contribution >= 4 is 28.7 Å². The fraction of sp³-hybridized carbons (Fsp3) is 0.435. The monoisotopic (exact) mass is 381 g/mol. The molecule has 1 aliphatic rings. The van der Waals surface area contributed by atoms with Gasteiger partial charge < -0.3 is 15.1 Å². The lowest BCUT2D eigenvalue weighted by molar-refractivity contribution is 0.390. The van der Waals surface area contributed by atoms with Crippen LogP contribution in [0.3, 0.4) is 0 Å². The maximum Gasteiger partial charge on any atom is 0.173 e. The van der Waals surface area contributed by atoms with Crippen LogP contribution in [0.15, 0.2) is 36.4 Å². The molecule has 3 rings (SSSR count). The number of aryl methyl sites for hydroxylation is 4. The van der Waals surface area contributed by atoms with Crippen LogP contribution in [0.4, 0.5) is 11.4 Å². The molecule has 1 saturated heterocycles. The molecule has 1 N–H and O–H groups in total. The molecule has 2 aromatic rings. The topological polar surface area (TPSA) is 18.5 Å². The Morgan fingerprint density at radius 3 is 2.19 bits per heavy atom. The van der Waals surface area contributed by atoms with Crippen molar-refractivity contribution in [1.29, 1.82) is 0 Å². The summed E-state index contributed by atoms with van der Waals surface area (Å²) in [6.07, 6.45) is 2.03. The summed E-state index contributed by atoms with van der Waals surface area (Å²) in [5.41, 5.74) is 7.91. The minimum atomic E-state index is 0.853. The van der Waals surface area contributed by atoms with E-state index in [0.29, 0.717) is 0 Å². The molecule has 0 aliphatic carbocycles. The first-order valence-electron chi connectivity index (χ1n) is 10.0. The van der Waals surface area contributed by atoms with Gasteiger partial charge in [0, 0.05) is 37.6 Å². The lowest BCUT2D eigenvalue weighted by atomic mass is 10.0. The van der Waals surface area contributed by atoms with Crippen LogP contribution in [0.1, 0.15) is 36.1 Å². The van der Waals surface area contributed by atoms with E-state index in [1.807, 2.05) is 0 Å². The van der Waals surface area contributed by atoms with Crippen LogP contribution in [0.25, 0.3) is 0 Å². The average Bonchev–Trinajstić information content (AvgIpc) is 2.70. The number of hydrogen-bond donors (Lipinski definition) is 1. The summed E-state index contributed by atoms with van der Waals surface area (Å²) in [6.45, 7) is 12.7. The number of hydrogen-bond acceptors (Lipinski definition) is 2. The van der Waals surface area contributed by atoms with Crippen LogP contribution in [0.2, 0.25) is 0 Å². The Balaban J connectivity index is 1.67. The normalized spacial score (nSPS) is 14.4.